The van der Waals surface area contributed by atoms with E-state index in [0.29, 0.717) is 13.1 Å². The van der Waals surface area contributed by atoms with Crippen molar-refractivity contribution in [2.45, 2.75) is 19.4 Å². The maximum atomic E-state index is 11.1. The van der Waals surface area contributed by atoms with Gasteiger partial charge in [0.25, 0.3) is 5.56 Å². The normalized spacial score (nSPS) is 10.1. The predicted octanol–water partition coefficient (Wildman–Crippen LogP) is -0.0178. The van der Waals surface area contributed by atoms with Crippen molar-refractivity contribution in [2.24, 2.45) is 5.73 Å². The number of aromatic nitrogens is 2. The van der Waals surface area contributed by atoms with Gasteiger partial charge in [0.15, 0.2) is 0 Å². The Kier molecular flexibility index (Phi) is 3.47. The van der Waals surface area contributed by atoms with E-state index >= 15 is 0 Å². The molecule has 0 amide bonds. The van der Waals surface area contributed by atoms with Crippen LogP contribution < -0.4 is 11.3 Å². The highest BCUT2D eigenvalue weighted by molar-refractivity contribution is 4.81. The summed E-state index contributed by atoms with van der Waals surface area (Å²) >= 11 is 0. The fourth-order valence-electron chi connectivity index (χ4n) is 0.973. The molecule has 1 aromatic heterocycles. The second-order valence-corrected chi connectivity index (χ2v) is 2.61. The van der Waals surface area contributed by atoms with E-state index in [0.717, 1.165) is 12.8 Å². The molecular formula is C8H13N3O. The largest absolute Gasteiger partial charge is 0.330 e. The molecule has 1 aromatic rings. The minimum Gasteiger partial charge on any atom is -0.330 e. The zero-order valence-corrected chi connectivity index (χ0v) is 6.94. The minimum atomic E-state index is 0.00187. The van der Waals surface area contributed by atoms with Gasteiger partial charge in [-0.25, -0.2) is 4.98 Å². The van der Waals surface area contributed by atoms with Crippen molar-refractivity contribution in [3.8, 4) is 0 Å². The Hall–Kier alpha value is -1.16. The SMILES string of the molecule is NCCCCn1cnccc1=O. The van der Waals surface area contributed by atoms with Crippen LogP contribution in [0.2, 0.25) is 0 Å². The van der Waals surface area contributed by atoms with Crippen molar-refractivity contribution in [1.82, 2.24) is 9.55 Å². The van der Waals surface area contributed by atoms with Gasteiger partial charge in [-0.3, -0.25) is 9.36 Å². The van der Waals surface area contributed by atoms with Crippen LogP contribution in [-0.4, -0.2) is 16.1 Å². The Labute approximate surface area is 71.0 Å². The van der Waals surface area contributed by atoms with Crippen LogP contribution in [0, 0.1) is 0 Å². The summed E-state index contributed by atoms with van der Waals surface area (Å²) in [6.45, 7) is 1.39. The molecule has 1 rings (SSSR count). The van der Waals surface area contributed by atoms with Crippen molar-refractivity contribution < 1.29 is 0 Å². The lowest BCUT2D eigenvalue weighted by Gasteiger charge is -2.01. The van der Waals surface area contributed by atoms with Crippen LogP contribution in [0.5, 0.6) is 0 Å². The summed E-state index contributed by atoms with van der Waals surface area (Å²) in [7, 11) is 0. The molecule has 0 radical (unpaired) electrons. The monoisotopic (exact) mass is 167 g/mol. The molecule has 0 saturated heterocycles. The van der Waals surface area contributed by atoms with Crippen LogP contribution in [0.15, 0.2) is 23.4 Å². The number of rotatable bonds is 4. The Bertz CT molecular complexity index is 282. The predicted molar refractivity (Wildman–Crippen MR) is 46.8 cm³/mol. The first-order valence-electron chi connectivity index (χ1n) is 4.05. The van der Waals surface area contributed by atoms with E-state index in [2.05, 4.69) is 4.98 Å². The van der Waals surface area contributed by atoms with Gasteiger partial charge in [0, 0.05) is 18.8 Å². The molecule has 0 aromatic carbocycles. The first-order chi connectivity index (χ1) is 5.84. The molecule has 4 nitrogen and oxygen atoms in total. The Morgan fingerprint density at radius 3 is 3.00 bits per heavy atom. The minimum absolute atomic E-state index is 0.00187. The van der Waals surface area contributed by atoms with Gasteiger partial charge in [-0.15, -0.1) is 0 Å². The molecule has 0 unspecified atom stereocenters. The Morgan fingerprint density at radius 1 is 1.50 bits per heavy atom. The highest BCUT2D eigenvalue weighted by atomic mass is 16.1. The van der Waals surface area contributed by atoms with Gasteiger partial charge in [0.2, 0.25) is 0 Å². The first-order valence-corrected chi connectivity index (χ1v) is 4.05. The molecule has 66 valence electrons. The number of nitrogens with two attached hydrogens (primary N) is 1. The third-order valence-corrected chi connectivity index (χ3v) is 1.65. The highest BCUT2D eigenvalue weighted by Gasteiger charge is 1.92. The Morgan fingerprint density at radius 2 is 2.33 bits per heavy atom. The number of nitrogens with zero attached hydrogens (tertiary/aromatic N) is 2. The van der Waals surface area contributed by atoms with E-state index in [1.807, 2.05) is 0 Å². The van der Waals surface area contributed by atoms with Crippen LogP contribution >= 0.6 is 0 Å². The summed E-state index contributed by atoms with van der Waals surface area (Å²) in [4.78, 5) is 15.0. The quantitative estimate of drug-likeness (QED) is 0.641. The van der Waals surface area contributed by atoms with Crippen LogP contribution in [0.4, 0.5) is 0 Å². The van der Waals surface area contributed by atoms with Gasteiger partial charge in [0.05, 0.1) is 6.33 Å². The zero-order chi connectivity index (χ0) is 8.81. The number of unbranched alkanes of at least 4 members (excludes halogenated alkanes) is 1. The third kappa shape index (κ3) is 2.47. The van der Waals surface area contributed by atoms with Gasteiger partial charge < -0.3 is 5.73 Å². The van der Waals surface area contributed by atoms with Crippen LogP contribution in [0.3, 0.4) is 0 Å². The topological polar surface area (TPSA) is 60.9 Å². The van der Waals surface area contributed by atoms with Crippen molar-refractivity contribution >= 4 is 0 Å². The van der Waals surface area contributed by atoms with E-state index in [1.165, 1.54) is 12.3 Å². The van der Waals surface area contributed by atoms with Crippen LogP contribution in [0.25, 0.3) is 0 Å². The smallest absolute Gasteiger partial charge is 0.253 e. The van der Waals surface area contributed by atoms with E-state index in [4.69, 9.17) is 5.73 Å². The van der Waals surface area contributed by atoms with Crippen LogP contribution in [0.1, 0.15) is 12.8 Å². The maximum absolute atomic E-state index is 11.1. The lowest BCUT2D eigenvalue weighted by molar-refractivity contribution is 0.590. The zero-order valence-electron chi connectivity index (χ0n) is 6.94. The lowest BCUT2D eigenvalue weighted by Crippen LogP contribution is -2.19. The van der Waals surface area contributed by atoms with E-state index in [-0.39, 0.29) is 5.56 Å². The molecule has 0 bridgehead atoms. The molecule has 0 aliphatic rings. The maximum Gasteiger partial charge on any atom is 0.253 e. The first kappa shape index (κ1) is 8.93. The summed E-state index contributed by atoms with van der Waals surface area (Å²) in [6.07, 6.45) is 4.93. The molecule has 12 heavy (non-hydrogen) atoms. The molecule has 0 aliphatic heterocycles. The van der Waals surface area contributed by atoms with Crippen LogP contribution in [-0.2, 0) is 6.54 Å². The standard InChI is InChI=1S/C8H13N3O/c9-4-1-2-6-11-7-10-5-3-8(11)12/h3,5,7H,1-2,4,6,9H2. The third-order valence-electron chi connectivity index (χ3n) is 1.65. The molecule has 0 atom stereocenters. The molecule has 2 N–H and O–H groups in total. The lowest BCUT2D eigenvalue weighted by atomic mass is 10.3. The van der Waals surface area contributed by atoms with Crippen molar-refractivity contribution in [3.05, 3.63) is 28.9 Å². The number of hydrogen-bond acceptors (Lipinski definition) is 3. The number of aryl methyl sites for hydroxylation is 1. The van der Waals surface area contributed by atoms with Gasteiger partial charge in [0.1, 0.15) is 0 Å². The van der Waals surface area contributed by atoms with Crippen molar-refractivity contribution in [1.29, 1.82) is 0 Å². The van der Waals surface area contributed by atoms with Crippen molar-refractivity contribution in [2.75, 3.05) is 6.54 Å². The van der Waals surface area contributed by atoms with Gasteiger partial charge in [-0.05, 0) is 19.4 Å². The summed E-state index contributed by atoms with van der Waals surface area (Å²) in [5, 5.41) is 0. The second-order valence-electron chi connectivity index (χ2n) is 2.61. The average molecular weight is 167 g/mol. The summed E-state index contributed by atoms with van der Waals surface area (Å²) < 4.78 is 1.59. The van der Waals surface area contributed by atoms with Crippen molar-refractivity contribution in [3.63, 3.8) is 0 Å². The highest BCUT2D eigenvalue weighted by Crippen LogP contribution is 1.88. The Balaban J connectivity index is 2.52. The molecule has 0 aliphatic carbocycles. The number of hydrogen-bond donors (Lipinski definition) is 1. The molecule has 1 heterocycles. The molecule has 0 spiro atoms. The summed E-state index contributed by atoms with van der Waals surface area (Å²) in [5.74, 6) is 0. The fourth-order valence-corrected chi connectivity index (χ4v) is 0.973. The molecule has 0 saturated carbocycles. The van der Waals surface area contributed by atoms with Gasteiger partial charge in [-0.2, -0.15) is 0 Å². The fraction of sp³-hybridized carbons (Fsp3) is 0.500. The molecule has 0 fully saturated rings. The average Bonchev–Trinajstić information content (AvgIpc) is 2.09. The van der Waals surface area contributed by atoms with E-state index < -0.39 is 0 Å². The second kappa shape index (κ2) is 4.66. The molecule has 4 heteroatoms. The van der Waals surface area contributed by atoms with Gasteiger partial charge in [-0.1, -0.05) is 0 Å². The molecular weight excluding hydrogens is 154 g/mol. The summed E-state index contributed by atoms with van der Waals surface area (Å²) in [5.41, 5.74) is 5.33. The van der Waals surface area contributed by atoms with Gasteiger partial charge >= 0.3 is 0 Å². The van der Waals surface area contributed by atoms with E-state index in [1.54, 1.807) is 10.9 Å². The summed E-state index contributed by atoms with van der Waals surface area (Å²) in [6, 6.07) is 1.46. The van der Waals surface area contributed by atoms with E-state index in [9.17, 15) is 4.79 Å².